The van der Waals surface area contributed by atoms with Crippen LogP contribution in [0.3, 0.4) is 0 Å². The van der Waals surface area contributed by atoms with Crippen molar-refractivity contribution in [2.24, 2.45) is 5.73 Å². The Morgan fingerprint density at radius 3 is 2.83 bits per heavy atom. The zero-order valence-electron chi connectivity index (χ0n) is 13.2. The maximum Gasteiger partial charge on any atom is 0.249 e. The molecule has 0 radical (unpaired) electrons. The quantitative estimate of drug-likeness (QED) is 0.932. The Morgan fingerprint density at radius 1 is 1.43 bits per heavy atom. The lowest BCUT2D eigenvalue weighted by Gasteiger charge is -2.25. The fourth-order valence-electron chi connectivity index (χ4n) is 3.22. The molecular weight excluding hydrogens is 293 g/mol. The van der Waals surface area contributed by atoms with Gasteiger partial charge in [0.25, 0.3) is 0 Å². The number of primary amides is 1. The van der Waals surface area contributed by atoms with E-state index in [9.17, 15) is 9.18 Å². The number of methoxy groups -OCH3 is 1. The molecule has 2 aliphatic rings. The summed E-state index contributed by atoms with van der Waals surface area (Å²) in [5.41, 5.74) is 10.5. The van der Waals surface area contributed by atoms with Crippen LogP contribution in [0.15, 0.2) is 47.6 Å². The second-order valence-electron chi connectivity index (χ2n) is 5.85. The molecule has 23 heavy (non-hydrogen) atoms. The van der Waals surface area contributed by atoms with Crippen molar-refractivity contribution < 1.29 is 13.9 Å². The van der Waals surface area contributed by atoms with Crippen molar-refractivity contribution in [3.63, 3.8) is 0 Å². The van der Waals surface area contributed by atoms with Gasteiger partial charge in [-0.3, -0.25) is 4.79 Å². The molecule has 0 saturated heterocycles. The van der Waals surface area contributed by atoms with Crippen molar-refractivity contribution >= 4 is 17.6 Å². The van der Waals surface area contributed by atoms with Crippen molar-refractivity contribution in [1.29, 1.82) is 0 Å². The van der Waals surface area contributed by atoms with Gasteiger partial charge in [-0.2, -0.15) is 0 Å². The molecule has 0 bridgehead atoms. The number of amides is 1. The minimum absolute atomic E-state index is 0.238. The topological polar surface area (TPSA) is 52.3 Å². The molecule has 0 fully saturated rings. The van der Waals surface area contributed by atoms with E-state index in [0.717, 1.165) is 16.7 Å². The Kier molecular flexibility index (Phi) is 3.78. The zero-order valence-corrected chi connectivity index (χ0v) is 13.2. The monoisotopic (exact) mass is 311 g/mol. The maximum atomic E-state index is 14.1. The van der Waals surface area contributed by atoms with E-state index in [2.05, 4.69) is 6.58 Å². The highest BCUT2D eigenvalue weighted by atomic mass is 19.1. The van der Waals surface area contributed by atoms with Gasteiger partial charge >= 0.3 is 0 Å². The van der Waals surface area contributed by atoms with Crippen LogP contribution in [0.25, 0.3) is 11.6 Å². The Balaban J connectivity index is 2.27. The van der Waals surface area contributed by atoms with Crippen LogP contribution in [0.4, 0.5) is 4.39 Å². The Hall–Kier alpha value is -2.46. The minimum Gasteiger partial charge on any atom is -0.373 e. The average molecular weight is 311 g/mol. The number of carbonyl (C=O) groups excluding carboxylic acids is 1. The summed E-state index contributed by atoms with van der Waals surface area (Å²) in [4.78, 5) is 11.9. The van der Waals surface area contributed by atoms with Crippen molar-refractivity contribution in [3.8, 4) is 0 Å². The molecule has 0 aliphatic heterocycles. The van der Waals surface area contributed by atoms with E-state index < -0.39 is 5.91 Å². The summed E-state index contributed by atoms with van der Waals surface area (Å²) >= 11 is 0. The van der Waals surface area contributed by atoms with E-state index in [4.69, 9.17) is 10.5 Å². The molecule has 1 aromatic rings. The van der Waals surface area contributed by atoms with Gasteiger partial charge in [0.2, 0.25) is 5.91 Å². The highest BCUT2D eigenvalue weighted by molar-refractivity contribution is 6.08. The third kappa shape index (κ3) is 2.45. The summed E-state index contributed by atoms with van der Waals surface area (Å²) in [5, 5.41) is 0. The lowest BCUT2D eigenvalue weighted by Crippen LogP contribution is -2.22. The highest BCUT2D eigenvalue weighted by Gasteiger charge is 2.28. The van der Waals surface area contributed by atoms with E-state index in [1.807, 2.05) is 13.0 Å². The maximum absolute atomic E-state index is 14.1. The number of rotatable bonds is 3. The van der Waals surface area contributed by atoms with Crippen molar-refractivity contribution in [2.45, 2.75) is 19.4 Å². The highest BCUT2D eigenvalue weighted by Crippen LogP contribution is 2.40. The Labute approximate surface area is 134 Å². The van der Waals surface area contributed by atoms with Crippen LogP contribution >= 0.6 is 0 Å². The van der Waals surface area contributed by atoms with Crippen LogP contribution < -0.4 is 5.73 Å². The first-order valence-corrected chi connectivity index (χ1v) is 7.37. The molecule has 0 heterocycles. The number of carbonyl (C=O) groups is 1. The molecule has 1 unspecified atom stereocenters. The van der Waals surface area contributed by atoms with E-state index in [1.165, 1.54) is 6.07 Å². The number of ether oxygens (including phenoxy) is 1. The smallest absolute Gasteiger partial charge is 0.249 e. The molecule has 3 rings (SSSR count). The Morgan fingerprint density at radius 2 is 2.17 bits per heavy atom. The minimum atomic E-state index is -0.538. The van der Waals surface area contributed by atoms with Crippen LogP contribution in [0, 0.1) is 5.82 Å². The van der Waals surface area contributed by atoms with Gasteiger partial charge in [-0.1, -0.05) is 30.4 Å². The molecule has 0 spiro atoms. The van der Waals surface area contributed by atoms with Crippen molar-refractivity contribution in [1.82, 2.24) is 0 Å². The first-order valence-electron chi connectivity index (χ1n) is 7.37. The van der Waals surface area contributed by atoms with E-state index >= 15 is 0 Å². The number of allylic oxidation sites excluding steroid dienone is 1. The molecule has 3 nitrogen and oxygen atoms in total. The molecule has 0 aromatic heterocycles. The molecule has 2 N–H and O–H groups in total. The largest absolute Gasteiger partial charge is 0.373 e. The van der Waals surface area contributed by atoms with Gasteiger partial charge < -0.3 is 10.5 Å². The summed E-state index contributed by atoms with van der Waals surface area (Å²) in [7, 11) is 1.58. The zero-order chi connectivity index (χ0) is 16.7. The molecule has 118 valence electrons. The van der Waals surface area contributed by atoms with Crippen LogP contribution in [-0.4, -0.2) is 19.1 Å². The molecular formula is C19H18FNO2. The summed E-state index contributed by atoms with van der Waals surface area (Å²) in [6.45, 7) is 6.03. The van der Waals surface area contributed by atoms with E-state index in [0.29, 0.717) is 28.7 Å². The molecule has 0 saturated carbocycles. The Bertz CT molecular complexity index is 815. The number of hydrogen-bond donors (Lipinski definition) is 1. The van der Waals surface area contributed by atoms with Gasteiger partial charge in [0.1, 0.15) is 11.9 Å². The van der Waals surface area contributed by atoms with Gasteiger partial charge in [0.15, 0.2) is 0 Å². The van der Waals surface area contributed by atoms with Gasteiger partial charge in [-0.05, 0) is 47.8 Å². The number of halogens is 1. The predicted octanol–water partition coefficient (Wildman–Crippen LogP) is 3.17. The summed E-state index contributed by atoms with van der Waals surface area (Å²) in [6.07, 6.45) is 5.59. The van der Waals surface area contributed by atoms with E-state index in [1.54, 1.807) is 25.3 Å². The van der Waals surface area contributed by atoms with Crippen LogP contribution in [0.1, 0.15) is 23.6 Å². The second-order valence-corrected chi connectivity index (χ2v) is 5.85. The van der Waals surface area contributed by atoms with Gasteiger partial charge in [-0.15, -0.1) is 0 Å². The molecule has 1 amide bonds. The number of fused-ring (bicyclic) bond motifs is 1. The summed E-state index contributed by atoms with van der Waals surface area (Å²) in [6, 6.07) is 3.11. The normalized spacial score (nSPS) is 19.9. The fourth-order valence-corrected chi connectivity index (χ4v) is 3.22. The SMILES string of the molecule is C=C1C(c2ccc(F)c3c2C=C(C)C3)=C(C(N)=O)C=CC1OC. The van der Waals surface area contributed by atoms with Crippen molar-refractivity contribution in [2.75, 3.05) is 7.11 Å². The molecule has 4 heteroatoms. The number of benzene rings is 1. The fraction of sp³-hybridized carbons (Fsp3) is 0.211. The van der Waals surface area contributed by atoms with Crippen molar-refractivity contribution in [3.05, 3.63) is 70.1 Å². The first kappa shape index (κ1) is 15.4. The van der Waals surface area contributed by atoms with Gasteiger partial charge in [-0.25, -0.2) is 4.39 Å². The third-order valence-electron chi connectivity index (χ3n) is 4.31. The van der Waals surface area contributed by atoms with Gasteiger partial charge in [0, 0.05) is 18.3 Å². The molecule has 1 atom stereocenters. The van der Waals surface area contributed by atoms with Crippen LogP contribution in [-0.2, 0) is 16.0 Å². The van der Waals surface area contributed by atoms with Gasteiger partial charge in [0.05, 0.1) is 0 Å². The summed E-state index contributed by atoms with van der Waals surface area (Å²) < 4.78 is 19.5. The third-order valence-corrected chi connectivity index (χ3v) is 4.31. The molecule has 1 aromatic carbocycles. The number of hydrogen-bond acceptors (Lipinski definition) is 2. The lowest BCUT2D eigenvalue weighted by molar-refractivity contribution is -0.114. The lowest BCUT2D eigenvalue weighted by atomic mass is 9.83. The summed E-state index contributed by atoms with van der Waals surface area (Å²) in [5.74, 6) is -0.776. The number of nitrogens with two attached hydrogens (primary N) is 1. The first-order chi connectivity index (χ1) is 10.9. The van der Waals surface area contributed by atoms with Crippen LogP contribution in [0.5, 0.6) is 0 Å². The standard InChI is InChI=1S/C19H18FNO2/c1-10-8-14-12(4-6-16(20)15(14)9-10)18-11(2)17(23-3)7-5-13(18)19(21)22/h4-8,17H,2,9H2,1,3H3,(H2,21,22). The molecule has 2 aliphatic carbocycles. The average Bonchev–Trinajstić information content (AvgIpc) is 2.90. The van der Waals surface area contributed by atoms with Crippen LogP contribution in [0.2, 0.25) is 0 Å². The predicted molar refractivity (Wildman–Crippen MR) is 88.9 cm³/mol. The second kappa shape index (κ2) is 5.63. The van der Waals surface area contributed by atoms with E-state index in [-0.39, 0.29) is 11.9 Å².